The first kappa shape index (κ1) is 11.8. The van der Waals surface area contributed by atoms with Crippen LogP contribution in [0, 0.1) is 0 Å². The molecule has 0 aliphatic heterocycles. The molecule has 6 heteroatoms. The summed E-state index contributed by atoms with van der Waals surface area (Å²) in [4.78, 5) is 8.25. The van der Waals surface area contributed by atoms with Crippen molar-refractivity contribution in [3.8, 4) is 0 Å². The number of ether oxygens (including phenoxy) is 2. The molecular weight excluding hydrogens is 271 g/mol. The molecule has 0 spiro atoms. The molecule has 1 heterocycles. The molecule has 0 fully saturated rings. The Morgan fingerprint density at radius 2 is 1.86 bits per heavy atom. The lowest BCUT2D eigenvalue weighted by atomic mass is 10.4. The van der Waals surface area contributed by atoms with Gasteiger partial charge in [-0.25, -0.2) is 9.97 Å². The summed E-state index contributed by atoms with van der Waals surface area (Å²) in [6.07, 6.45) is 0. The SMILES string of the molecule is COCc1nc(Cl)c(Br)c(COC)n1. The molecule has 0 aliphatic rings. The lowest BCUT2D eigenvalue weighted by molar-refractivity contribution is 0.170. The average Bonchev–Trinajstić information content (AvgIpc) is 2.14. The van der Waals surface area contributed by atoms with Crippen LogP contribution in [0.4, 0.5) is 0 Å². The summed E-state index contributed by atoms with van der Waals surface area (Å²) in [5.74, 6) is 0.549. The molecule has 0 atom stereocenters. The minimum atomic E-state index is 0.337. The van der Waals surface area contributed by atoms with E-state index in [2.05, 4.69) is 25.9 Å². The molecule has 78 valence electrons. The molecule has 0 N–H and O–H groups in total. The molecule has 0 aliphatic carbocycles. The van der Waals surface area contributed by atoms with Crippen molar-refractivity contribution in [1.82, 2.24) is 9.97 Å². The van der Waals surface area contributed by atoms with Gasteiger partial charge in [0, 0.05) is 14.2 Å². The van der Waals surface area contributed by atoms with Crippen LogP contribution in [-0.2, 0) is 22.7 Å². The molecule has 0 saturated carbocycles. The first-order valence-electron chi connectivity index (χ1n) is 3.87. The van der Waals surface area contributed by atoms with E-state index in [0.717, 1.165) is 5.69 Å². The van der Waals surface area contributed by atoms with E-state index in [4.69, 9.17) is 21.1 Å². The highest BCUT2D eigenvalue weighted by atomic mass is 79.9. The van der Waals surface area contributed by atoms with E-state index < -0.39 is 0 Å². The Morgan fingerprint density at radius 3 is 2.43 bits per heavy atom. The first-order chi connectivity index (χ1) is 6.69. The molecule has 0 unspecified atom stereocenters. The third-order valence-electron chi connectivity index (χ3n) is 1.48. The van der Waals surface area contributed by atoms with E-state index in [1.807, 2.05) is 0 Å². The van der Waals surface area contributed by atoms with Gasteiger partial charge in [0.15, 0.2) is 5.82 Å². The molecule has 0 bridgehead atoms. The summed E-state index contributed by atoms with van der Waals surface area (Å²) < 4.78 is 10.6. The van der Waals surface area contributed by atoms with Crippen molar-refractivity contribution in [3.63, 3.8) is 0 Å². The van der Waals surface area contributed by atoms with E-state index in [1.165, 1.54) is 0 Å². The standard InChI is InChI=1S/C8H10BrClN2O2/c1-13-3-5-7(9)8(10)12-6(11-5)4-14-2/h3-4H2,1-2H3. The zero-order chi connectivity index (χ0) is 10.6. The smallest absolute Gasteiger partial charge is 0.156 e. The molecule has 1 aromatic heterocycles. The van der Waals surface area contributed by atoms with Crippen LogP contribution >= 0.6 is 27.5 Å². The average molecular weight is 282 g/mol. The first-order valence-corrected chi connectivity index (χ1v) is 5.04. The maximum absolute atomic E-state index is 5.88. The second-order valence-electron chi connectivity index (χ2n) is 2.56. The van der Waals surface area contributed by atoms with Gasteiger partial charge < -0.3 is 9.47 Å². The summed E-state index contributed by atoms with van der Waals surface area (Å²) in [5, 5.41) is 0.374. The maximum Gasteiger partial charge on any atom is 0.156 e. The topological polar surface area (TPSA) is 44.2 Å². The highest BCUT2D eigenvalue weighted by molar-refractivity contribution is 9.10. The Bertz CT molecular complexity index is 322. The minimum Gasteiger partial charge on any atom is -0.378 e. The fourth-order valence-corrected chi connectivity index (χ4v) is 1.44. The summed E-state index contributed by atoms with van der Waals surface area (Å²) >= 11 is 9.17. The largest absolute Gasteiger partial charge is 0.378 e. The van der Waals surface area contributed by atoms with Crippen LogP contribution < -0.4 is 0 Å². The van der Waals surface area contributed by atoms with Crippen LogP contribution in [-0.4, -0.2) is 24.2 Å². The number of halogens is 2. The van der Waals surface area contributed by atoms with Gasteiger partial charge in [0.05, 0.1) is 16.8 Å². The number of hydrogen-bond acceptors (Lipinski definition) is 4. The van der Waals surface area contributed by atoms with E-state index in [0.29, 0.717) is 28.7 Å². The molecular formula is C8H10BrClN2O2. The second kappa shape index (κ2) is 5.60. The van der Waals surface area contributed by atoms with E-state index >= 15 is 0 Å². The molecule has 0 radical (unpaired) electrons. The monoisotopic (exact) mass is 280 g/mol. The van der Waals surface area contributed by atoms with Crippen molar-refractivity contribution in [2.75, 3.05) is 14.2 Å². The van der Waals surface area contributed by atoms with Gasteiger partial charge in [0.25, 0.3) is 0 Å². The third-order valence-corrected chi connectivity index (χ3v) is 2.82. The van der Waals surface area contributed by atoms with Gasteiger partial charge >= 0.3 is 0 Å². The normalized spacial score (nSPS) is 10.6. The number of aromatic nitrogens is 2. The zero-order valence-electron chi connectivity index (χ0n) is 7.88. The van der Waals surface area contributed by atoms with Crippen molar-refractivity contribution in [1.29, 1.82) is 0 Å². The third kappa shape index (κ3) is 2.88. The van der Waals surface area contributed by atoms with Crippen LogP contribution in [0.15, 0.2) is 4.47 Å². The quantitative estimate of drug-likeness (QED) is 0.794. The highest BCUT2D eigenvalue weighted by Gasteiger charge is 2.10. The molecule has 0 saturated heterocycles. The summed E-state index contributed by atoms with van der Waals surface area (Å²) in [5.41, 5.74) is 0.722. The van der Waals surface area contributed by atoms with Gasteiger partial charge in [-0.15, -0.1) is 0 Å². The van der Waals surface area contributed by atoms with Crippen molar-refractivity contribution < 1.29 is 9.47 Å². The van der Waals surface area contributed by atoms with Gasteiger partial charge in [0.1, 0.15) is 11.8 Å². The number of methoxy groups -OCH3 is 2. The molecule has 4 nitrogen and oxygen atoms in total. The fraction of sp³-hybridized carbons (Fsp3) is 0.500. The van der Waals surface area contributed by atoms with Crippen molar-refractivity contribution in [2.24, 2.45) is 0 Å². The summed E-state index contributed by atoms with van der Waals surface area (Å²) in [6, 6.07) is 0. The molecule has 1 rings (SSSR count). The van der Waals surface area contributed by atoms with Crippen molar-refractivity contribution >= 4 is 27.5 Å². The van der Waals surface area contributed by atoms with Gasteiger partial charge in [-0.3, -0.25) is 0 Å². The van der Waals surface area contributed by atoms with Crippen LogP contribution in [0.25, 0.3) is 0 Å². The van der Waals surface area contributed by atoms with E-state index in [-0.39, 0.29) is 0 Å². The predicted octanol–water partition coefficient (Wildman–Crippen LogP) is 2.19. The molecule has 0 amide bonds. The zero-order valence-corrected chi connectivity index (χ0v) is 10.2. The summed E-state index contributed by atoms with van der Waals surface area (Å²) in [6.45, 7) is 0.725. The van der Waals surface area contributed by atoms with Crippen LogP contribution in [0.5, 0.6) is 0 Å². The Labute approximate surface area is 95.7 Å². The Balaban J connectivity index is 3.01. The van der Waals surface area contributed by atoms with Crippen LogP contribution in [0.1, 0.15) is 11.5 Å². The van der Waals surface area contributed by atoms with Crippen LogP contribution in [0.3, 0.4) is 0 Å². The number of hydrogen-bond donors (Lipinski definition) is 0. The molecule has 14 heavy (non-hydrogen) atoms. The van der Waals surface area contributed by atoms with Gasteiger partial charge in [0.2, 0.25) is 0 Å². The van der Waals surface area contributed by atoms with Gasteiger partial charge in [-0.05, 0) is 15.9 Å². The lowest BCUT2D eigenvalue weighted by Gasteiger charge is -2.06. The van der Waals surface area contributed by atoms with E-state index in [1.54, 1.807) is 14.2 Å². The summed E-state index contributed by atoms with van der Waals surface area (Å²) in [7, 11) is 3.17. The van der Waals surface area contributed by atoms with E-state index in [9.17, 15) is 0 Å². The second-order valence-corrected chi connectivity index (χ2v) is 3.71. The Kier molecular flexibility index (Phi) is 4.74. The predicted molar refractivity (Wildman–Crippen MR) is 56.2 cm³/mol. The highest BCUT2D eigenvalue weighted by Crippen LogP contribution is 2.23. The van der Waals surface area contributed by atoms with Crippen molar-refractivity contribution in [3.05, 3.63) is 21.1 Å². The Hall–Kier alpha value is -0.230. The fourth-order valence-electron chi connectivity index (χ4n) is 0.937. The minimum absolute atomic E-state index is 0.337. The van der Waals surface area contributed by atoms with Crippen LogP contribution in [0.2, 0.25) is 5.15 Å². The lowest BCUT2D eigenvalue weighted by Crippen LogP contribution is -2.03. The van der Waals surface area contributed by atoms with Gasteiger partial charge in [-0.1, -0.05) is 11.6 Å². The molecule has 1 aromatic rings. The van der Waals surface area contributed by atoms with Gasteiger partial charge in [-0.2, -0.15) is 0 Å². The molecule has 0 aromatic carbocycles. The number of rotatable bonds is 4. The Morgan fingerprint density at radius 1 is 1.21 bits per heavy atom. The number of nitrogens with zero attached hydrogens (tertiary/aromatic N) is 2. The maximum atomic E-state index is 5.88. The van der Waals surface area contributed by atoms with Crippen molar-refractivity contribution in [2.45, 2.75) is 13.2 Å².